The van der Waals surface area contributed by atoms with E-state index in [1.54, 1.807) is 0 Å². The summed E-state index contributed by atoms with van der Waals surface area (Å²) in [6, 6.07) is 0.881. The van der Waals surface area contributed by atoms with E-state index in [9.17, 15) is 0 Å². The van der Waals surface area contributed by atoms with Gasteiger partial charge in [0.05, 0.1) is 0 Å². The summed E-state index contributed by atoms with van der Waals surface area (Å²) >= 11 is 0. The summed E-state index contributed by atoms with van der Waals surface area (Å²) in [6.07, 6.45) is 16.8. The van der Waals surface area contributed by atoms with Gasteiger partial charge in [-0.2, -0.15) is 0 Å². The second-order valence-corrected chi connectivity index (χ2v) is 8.80. The largest absolute Gasteiger partial charge is 0.328 e. The maximum absolute atomic E-state index is 6.03. The Morgan fingerprint density at radius 3 is 1.82 bits per heavy atom. The minimum atomic E-state index is 0.377. The van der Waals surface area contributed by atoms with Gasteiger partial charge in [-0.25, -0.2) is 0 Å². The van der Waals surface area contributed by atoms with Crippen LogP contribution in [-0.2, 0) is 0 Å². The van der Waals surface area contributed by atoms with E-state index in [1.165, 1.54) is 77.0 Å². The molecule has 2 fully saturated rings. The van der Waals surface area contributed by atoms with Gasteiger partial charge in [0.2, 0.25) is 0 Å². The van der Waals surface area contributed by atoms with Crippen molar-refractivity contribution >= 4 is 0 Å². The Morgan fingerprint density at radius 1 is 0.773 bits per heavy atom. The van der Waals surface area contributed by atoms with Crippen LogP contribution in [0.15, 0.2) is 0 Å². The Balaban J connectivity index is 1.59. The Morgan fingerprint density at radius 2 is 1.27 bits per heavy atom. The highest BCUT2D eigenvalue weighted by Gasteiger charge is 2.26. The minimum absolute atomic E-state index is 0.377. The van der Waals surface area contributed by atoms with Gasteiger partial charge in [0.25, 0.3) is 0 Å². The Labute approximate surface area is 138 Å². The molecule has 0 bridgehead atoms. The van der Waals surface area contributed by atoms with E-state index in [0.29, 0.717) is 12.1 Å². The smallest absolute Gasteiger partial charge is 0.00390 e. The molecule has 0 aromatic carbocycles. The lowest BCUT2D eigenvalue weighted by Gasteiger charge is -2.34. The third-order valence-corrected chi connectivity index (χ3v) is 6.37. The van der Waals surface area contributed by atoms with Gasteiger partial charge < -0.3 is 11.5 Å². The lowest BCUT2D eigenvalue weighted by Crippen LogP contribution is -2.28. The normalized spacial score (nSPS) is 36.0. The van der Waals surface area contributed by atoms with Crippen molar-refractivity contribution in [3.63, 3.8) is 0 Å². The second-order valence-electron chi connectivity index (χ2n) is 8.80. The molecule has 0 aromatic rings. The monoisotopic (exact) mass is 308 g/mol. The predicted molar refractivity (Wildman–Crippen MR) is 96.7 cm³/mol. The van der Waals surface area contributed by atoms with Crippen LogP contribution in [-0.4, -0.2) is 12.1 Å². The van der Waals surface area contributed by atoms with Gasteiger partial charge in [-0.1, -0.05) is 32.6 Å². The first-order valence-corrected chi connectivity index (χ1v) is 10.0. The second kappa shape index (κ2) is 9.27. The van der Waals surface area contributed by atoms with Crippen LogP contribution in [0.2, 0.25) is 0 Å². The maximum Gasteiger partial charge on any atom is 0.00390 e. The van der Waals surface area contributed by atoms with Gasteiger partial charge in [0.1, 0.15) is 0 Å². The van der Waals surface area contributed by atoms with E-state index in [2.05, 4.69) is 13.8 Å². The molecule has 0 radical (unpaired) electrons. The van der Waals surface area contributed by atoms with Gasteiger partial charge >= 0.3 is 0 Å². The number of hydrogen-bond acceptors (Lipinski definition) is 2. The molecule has 2 aliphatic carbocycles. The van der Waals surface area contributed by atoms with E-state index >= 15 is 0 Å². The summed E-state index contributed by atoms with van der Waals surface area (Å²) < 4.78 is 0. The summed E-state index contributed by atoms with van der Waals surface area (Å²) in [5.41, 5.74) is 11.9. The van der Waals surface area contributed by atoms with Gasteiger partial charge in [-0.15, -0.1) is 0 Å². The van der Waals surface area contributed by atoms with E-state index in [0.717, 1.165) is 23.7 Å². The Kier molecular flexibility index (Phi) is 7.70. The standard InChI is InChI=1S/C20H40N2/c1-15(3-4-16(2)21)13-17-5-7-18(8-6-17)14-19-9-11-20(22)12-10-19/h15-20H,3-14,21-22H2,1-2H3. The van der Waals surface area contributed by atoms with Crippen molar-refractivity contribution < 1.29 is 0 Å². The number of rotatable bonds is 7. The minimum Gasteiger partial charge on any atom is -0.328 e. The van der Waals surface area contributed by atoms with Crippen LogP contribution in [0.4, 0.5) is 0 Å². The fourth-order valence-corrected chi connectivity index (χ4v) is 4.83. The molecule has 4 N–H and O–H groups in total. The highest BCUT2D eigenvalue weighted by molar-refractivity contribution is 4.80. The van der Waals surface area contributed by atoms with Crippen LogP contribution < -0.4 is 11.5 Å². The molecule has 0 aromatic heterocycles. The molecular weight excluding hydrogens is 268 g/mol. The molecule has 0 aliphatic heterocycles. The van der Waals surface area contributed by atoms with Crippen LogP contribution in [0.5, 0.6) is 0 Å². The Bertz CT molecular complexity index is 286. The zero-order valence-electron chi connectivity index (χ0n) is 15.1. The molecule has 22 heavy (non-hydrogen) atoms. The molecule has 2 nitrogen and oxygen atoms in total. The molecule has 0 saturated heterocycles. The first kappa shape index (κ1) is 18.3. The van der Waals surface area contributed by atoms with Crippen molar-refractivity contribution in [1.82, 2.24) is 0 Å². The van der Waals surface area contributed by atoms with Crippen LogP contribution in [0.25, 0.3) is 0 Å². The van der Waals surface area contributed by atoms with Gasteiger partial charge in [-0.3, -0.25) is 0 Å². The first-order chi connectivity index (χ1) is 10.5. The summed E-state index contributed by atoms with van der Waals surface area (Å²) in [5, 5.41) is 0. The zero-order valence-corrected chi connectivity index (χ0v) is 15.1. The summed E-state index contributed by atoms with van der Waals surface area (Å²) in [6.45, 7) is 4.57. The van der Waals surface area contributed by atoms with Crippen molar-refractivity contribution in [1.29, 1.82) is 0 Å². The molecule has 2 atom stereocenters. The van der Waals surface area contributed by atoms with E-state index in [4.69, 9.17) is 11.5 Å². The molecule has 0 amide bonds. The SMILES string of the molecule is CC(N)CCC(C)CC1CCC(CC2CCC(N)CC2)CC1. The van der Waals surface area contributed by atoms with Crippen molar-refractivity contribution in [3.8, 4) is 0 Å². The van der Waals surface area contributed by atoms with Gasteiger partial charge in [-0.05, 0) is 82.0 Å². The van der Waals surface area contributed by atoms with Gasteiger partial charge in [0, 0.05) is 12.1 Å². The van der Waals surface area contributed by atoms with E-state index < -0.39 is 0 Å². The fourth-order valence-electron chi connectivity index (χ4n) is 4.83. The zero-order chi connectivity index (χ0) is 15.9. The van der Waals surface area contributed by atoms with Gasteiger partial charge in [0.15, 0.2) is 0 Å². The molecule has 2 unspecified atom stereocenters. The lowest BCUT2D eigenvalue weighted by molar-refractivity contribution is 0.189. The third-order valence-electron chi connectivity index (χ3n) is 6.37. The summed E-state index contributed by atoms with van der Waals surface area (Å²) in [4.78, 5) is 0. The molecule has 2 aliphatic rings. The predicted octanol–water partition coefficient (Wildman–Crippen LogP) is 4.85. The molecule has 2 saturated carbocycles. The number of hydrogen-bond donors (Lipinski definition) is 2. The molecular formula is C20H40N2. The lowest BCUT2D eigenvalue weighted by atomic mass is 9.72. The van der Waals surface area contributed by atoms with Crippen molar-refractivity contribution in [2.75, 3.05) is 0 Å². The third kappa shape index (κ3) is 6.58. The molecule has 0 spiro atoms. The summed E-state index contributed by atoms with van der Waals surface area (Å²) in [5.74, 6) is 3.88. The average molecular weight is 309 g/mol. The topological polar surface area (TPSA) is 52.0 Å². The van der Waals surface area contributed by atoms with E-state index in [1.807, 2.05) is 0 Å². The van der Waals surface area contributed by atoms with Crippen molar-refractivity contribution in [2.45, 2.75) is 103 Å². The molecule has 0 heterocycles. The van der Waals surface area contributed by atoms with E-state index in [-0.39, 0.29) is 0 Å². The summed E-state index contributed by atoms with van der Waals surface area (Å²) in [7, 11) is 0. The first-order valence-electron chi connectivity index (χ1n) is 10.0. The van der Waals surface area contributed by atoms with Crippen molar-refractivity contribution in [2.24, 2.45) is 35.1 Å². The maximum atomic E-state index is 6.03. The average Bonchev–Trinajstić information content (AvgIpc) is 2.49. The fraction of sp³-hybridized carbons (Fsp3) is 1.00. The van der Waals surface area contributed by atoms with Crippen LogP contribution >= 0.6 is 0 Å². The highest BCUT2D eigenvalue weighted by Crippen LogP contribution is 2.38. The Hall–Kier alpha value is -0.0800. The quantitative estimate of drug-likeness (QED) is 0.706. The number of nitrogens with two attached hydrogens (primary N) is 2. The van der Waals surface area contributed by atoms with Crippen LogP contribution in [0.3, 0.4) is 0 Å². The molecule has 2 rings (SSSR count). The van der Waals surface area contributed by atoms with Crippen LogP contribution in [0.1, 0.15) is 90.9 Å². The van der Waals surface area contributed by atoms with Crippen LogP contribution in [0, 0.1) is 23.7 Å². The molecule has 2 heteroatoms. The van der Waals surface area contributed by atoms with Crippen molar-refractivity contribution in [3.05, 3.63) is 0 Å². The highest BCUT2D eigenvalue weighted by atomic mass is 14.6. The molecule has 130 valence electrons.